The number of fused-ring (bicyclic) bond motifs is 1. The minimum atomic E-state index is -0.840. The Labute approximate surface area is 165 Å². The Kier molecular flexibility index (Phi) is 5.57. The van der Waals surface area contributed by atoms with Gasteiger partial charge in [0.05, 0.1) is 17.6 Å². The maximum absolute atomic E-state index is 12.6. The molecule has 0 aliphatic rings. The largest absolute Gasteiger partial charge is 0.491 e. The van der Waals surface area contributed by atoms with Gasteiger partial charge in [0.1, 0.15) is 18.5 Å². The molecular formula is C23H28N2O3. The third-order valence-corrected chi connectivity index (χ3v) is 4.91. The Morgan fingerprint density at radius 2 is 1.79 bits per heavy atom. The van der Waals surface area contributed by atoms with Gasteiger partial charge in [0, 0.05) is 5.39 Å². The molecule has 1 unspecified atom stereocenters. The van der Waals surface area contributed by atoms with Crippen molar-refractivity contribution < 1.29 is 9.84 Å². The normalized spacial score (nSPS) is 12.9. The zero-order chi connectivity index (χ0) is 20.5. The number of aliphatic hydroxyl groups excluding tert-OH is 1. The highest BCUT2D eigenvalue weighted by atomic mass is 16.5. The first-order chi connectivity index (χ1) is 13.2. The van der Waals surface area contributed by atoms with Crippen LogP contribution in [0.4, 0.5) is 0 Å². The molecule has 0 fully saturated rings. The molecule has 1 atom stereocenters. The molecule has 0 aliphatic heterocycles. The molecule has 0 saturated carbocycles. The van der Waals surface area contributed by atoms with E-state index in [1.54, 1.807) is 6.07 Å². The van der Waals surface area contributed by atoms with E-state index in [9.17, 15) is 9.90 Å². The van der Waals surface area contributed by atoms with E-state index in [0.29, 0.717) is 5.39 Å². The number of hydrogen-bond acceptors (Lipinski definition) is 4. The van der Waals surface area contributed by atoms with E-state index in [0.717, 1.165) is 22.4 Å². The average molecular weight is 380 g/mol. The Morgan fingerprint density at radius 1 is 1.11 bits per heavy atom. The summed E-state index contributed by atoms with van der Waals surface area (Å²) in [5.74, 6) is 0.738. The second kappa shape index (κ2) is 7.76. The van der Waals surface area contributed by atoms with Crippen LogP contribution in [-0.2, 0) is 12.0 Å². The monoisotopic (exact) mass is 380 g/mol. The zero-order valence-corrected chi connectivity index (χ0v) is 17.2. The van der Waals surface area contributed by atoms with E-state index in [2.05, 4.69) is 31.9 Å². The highest BCUT2D eigenvalue weighted by molar-refractivity contribution is 5.83. The van der Waals surface area contributed by atoms with E-state index < -0.39 is 6.10 Å². The number of rotatable bonds is 5. The lowest BCUT2D eigenvalue weighted by atomic mass is 9.86. The molecule has 0 saturated heterocycles. The molecule has 3 aromatic rings. The lowest BCUT2D eigenvalue weighted by Crippen LogP contribution is -2.32. The maximum Gasteiger partial charge on any atom is 0.274 e. The summed E-state index contributed by atoms with van der Waals surface area (Å²) in [6, 6.07) is 13.5. The van der Waals surface area contributed by atoms with Crippen LogP contribution in [0, 0.1) is 13.8 Å². The highest BCUT2D eigenvalue weighted by Crippen LogP contribution is 2.27. The number of aromatic nitrogens is 2. The summed E-state index contributed by atoms with van der Waals surface area (Å²) in [6.45, 7) is 10.5. The van der Waals surface area contributed by atoms with Gasteiger partial charge in [-0.3, -0.25) is 4.79 Å². The molecule has 0 spiro atoms. The number of nitrogens with zero attached hydrogens (tertiary/aromatic N) is 2. The van der Waals surface area contributed by atoms with Gasteiger partial charge in [-0.1, -0.05) is 51.1 Å². The van der Waals surface area contributed by atoms with Gasteiger partial charge in [-0.25, -0.2) is 4.68 Å². The smallest absolute Gasteiger partial charge is 0.274 e. The van der Waals surface area contributed by atoms with Crippen LogP contribution in [0.2, 0.25) is 0 Å². The van der Waals surface area contributed by atoms with Crippen LogP contribution >= 0.6 is 0 Å². The third kappa shape index (κ3) is 4.25. The number of benzene rings is 2. The Bertz CT molecular complexity index is 1050. The minimum absolute atomic E-state index is 0.0730. The molecule has 148 valence electrons. The summed E-state index contributed by atoms with van der Waals surface area (Å²) in [4.78, 5) is 12.6. The summed E-state index contributed by atoms with van der Waals surface area (Å²) < 4.78 is 7.12. The molecular weight excluding hydrogens is 352 g/mol. The summed E-state index contributed by atoms with van der Waals surface area (Å²) in [6.07, 6.45) is -0.840. The molecule has 5 heteroatoms. The van der Waals surface area contributed by atoms with Gasteiger partial charge >= 0.3 is 0 Å². The van der Waals surface area contributed by atoms with Gasteiger partial charge in [0.15, 0.2) is 0 Å². The molecule has 2 aromatic carbocycles. The SMILES string of the molecule is Cc1cc(C(C)(C)C)ccc1OCC(O)Cn1nc(C)c2ccccc2c1=O. The quantitative estimate of drug-likeness (QED) is 0.732. The van der Waals surface area contributed by atoms with Gasteiger partial charge in [0.2, 0.25) is 0 Å². The van der Waals surface area contributed by atoms with Gasteiger partial charge in [-0.05, 0) is 42.5 Å². The molecule has 0 amide bonds. The average Bonchev–Trinajstić information content (AvgIpc) is 2.64. The van der Waals surface area contributed by atoms with Gasteiger partial charge < -0.3 is 9.84 Å². The van der Waals surface area contributed by atoms with Crippen molar-refractivity contribution in [3.05, 3.63) is 69.6 Å². The first kappa shape index (κ1) is 20.1. The van der Waals surface area contributed by atoms with Crippen molar-refractivity contribution in [2.24, 2.45) is 0 Å². The van der Waals surface area contributed by atoms with Crippen molar-refractivity contribution in [2.45, 2.75) is 52.7 Å². The van der Waals surface area contributed by atoms with Crippen LogP contribution in [0.5, 0.6) is 5.75 Å². The Morgan fingerprint density at radius 3 is 2.43 bits per heavy atom. The fourth-order valence-electron chi connectivity index (χ4n) is 3.24. The minimum Gasteiger partial charge on any atom is -0.491 e. The number of ether oxygens (including phenoxy) is 1. The van der Waals surface area contributed by atoms with Crippen molar-refractivity contribution in [3.8, 4) is 5.75 Å². The van der Waals surface area contributed by atoms with Crippen LogP contribution < -0.4 is 10.3 Å². The Balaban J connectivity index is 1.72. The standard InChI is InChI=1S/C23H28N2O3/c1-15-12-17(23(3,4)5)10-11-21(15)28-14-18(26)13-25-22(27)20-9-7-6-8-19(20)16(2)24-25/h6-12,18,26H,13-14H2,1-5H3. The van der Waals surface area contributed by atoms with Gasteiger partial charge in [-0.2, -0.15) is 5.10 Å². The first-order valence-electron chi connectivity index (χ1n) is 9.55. The first-order valence-corrected chi connectivity index (χ1v) is 9.55. The predicted molar refractivity (Wildman–Crippen MR) is 112 cm³/mol. The topological polar surface area (TPSA) is 64.3 Å². The summed E-state index contributed by atoms with van der Waals surface area (Å²) in [7, 11) is 0. The number of aryl methyl sites for hydroxylation is 2. The number of aliphatic hydroxyl groups is 1. The van der Waals surface area contributed by atoms with E-state index in [1.807, 2.05) is 44.2 Å². The second-order valence-corrected chi connectivity index (χ2v) is 8.31. The zero-order valence-electron chi connectivity index (χ0n) is 17.2. The molecule has 1 N–H and O–H groups in total. The van der Waals surface area contributed by atoms with Gasteiger partial charge in [-0.15, -0.1) is 0 Å². The molecule has 5 nitrogen and oxygen atoms in total. The van der Waals surface area contributed by atoms with Crippen molar-refractivity contribution in [2.75, 3.05) is 6.61 Å². The van der Waals surface area contributed by atoms with Crippen LogP contribution in [0.25, 0.3) is 10.8 Å². The molecule has 0 bridgehead atoms. The summed E-state index contributed by atoms with van der Waals surface area (Å²) in [5.41, 5.74) is 2.89. The van der Waals surface area contributed by atoms with Crippen molar-refractivity contribution in [1.82, 2.24) is 9.78 Å². The van der Waals surface area contributed by atoms with Crippen LogP contribution in [0.15, 0.2) is 47.3 Å². The fraction of sp³-hybridized carbons (Fsp3) is 0.391. The summed E-state index contributed by atoms with van der Waals surface area (Å²) >= 11 is 0. The van der Waals surface area contributed by atoms with E-state index in [4.69, 9.17) is 4.74 Å². The van der Waals surface area contributed by atoms with Gasteiger partial charge in [0.25, 0.3) is 5.56 Å². The van der Waals surface area contributed by atoms with Crippen molar-refractivity contribution in [1.29, 1.82) is 0 Å². The van der Waals surface area contributed by atoms with Crippen LogP contribution in [-0.4, -0.2) is 27.6 Å². The maximum atomic E-state index is 12.6. The Hall–Kier alpha value is -2.66. The lowest BCUT2D eigenvalue weighted by Gasteiger charge is -2.21. The number of hydrogen-bond donors (Lipinski definition) is 1. The van der Waals surface area contributed by atoms with Crippen LogP contribution in [0.3, 0.4) is 0 Å². The lowest BCUT2D eigenvalue weighted by molar-refractivity contribution is 0.0877. The van der Waals surface area contributed by atoms with Crippen molar-refractivity contribution >= 4 is 10.8 Å². The van der Waals surface area contributed by atoms with Crippen molar-refractivity contribution in [3.63, 3.8) is 0 Å². The third-order valence-electron chi connectivity index (χ3n) is 4.91. The molecule has 3 rings (SSSR count). The molecule has 28 heavy (non-hydrogen) atoms. The molecule has 0 aliphatic carbocycles. The predicted octanol–water partition coefficient (Wildman–Crippen LogP) is 3.75. The second-order valence-electron chi connectivity index (χ2n) is 8.31. The summed E-state index contributed by atoms with van der Waals surface area (Å²) in [5, 5.41) is 16.2. The molecule has 1 heterocycles. The molecule has 1 aromatic heterocycles. The van der Waals surface area contributed by atoms with E-state index in [1.165, 1.54) is 10.2 Å². The van der Waals surface area contributed by atoms with Crippen LogP contribution in [0.1, 0.15) is 37.6 Å². The highest BCUT2D eigenvalue weighted by Gasteiger charge is 2.16. The van der Waals surface area contributed by atoms with E-state index in [-0.39, 0.29) is 24.1 Å². The fourth-order valence-corrected chi connectivity index (χ4v) is 3.24. The van der Waals surface area contributed by atoms with E-state index >= 15 is 0 Å². The molecule has 0 radical (unpaired) electrons.